The fraction of sp³-hybridized carbons (Fsp3) is 0.188. The second-order valence-corrected chi connectivity index (χ2v) is 4.63. The number of nitrogens with zero attached hydrogens (tertiary/aromatic N) is 1. The summed E-state index contributed by atoms with van der Waals surface area (Å²) in [5.41, 5.74) is 8.58. The van der Waals surface area contributed by atoms with Gasteiger partial charge in [0.25, 0.3) is 0 Å². The smallest absolute Gasteiger partial charge is 0.163 e. The summed E-state index contributed by atoms with van der Waals surface area (Å²) in [6.45, 7) is 2.90. The highest BCUT2D eigenvalue weighted by Crippen LogP contribution is 2.41. The van der Waals surface area contributed by atoms with Crippen LogP contribution in [0.1, 0.15) is 6.92 Å². The molecule has 0 bridgehead atoms. The van der Waals surface area contributed by atoms with Gasteiger partial charge < -0.3 is 15.2 Å². The first-order valence-electron chi connectivity index (χ1n) is 6.54. The molecular weight excluding hydrogens is 252 g/mol. The van der Waals surface area contributed by atoms with Gasteiger partial charge in [-0.1, -0.05) is 30.3 Å². The van der Waals surface area contributed by atoms with Gasteiger partial charge in [0.15, 0.2) is 11.5 Å². The Kier molecular flexibility index (Phi) is 3.29. The fourth-order valence-corrected chi connectivity index (χ4v) is 2.21. The highest BCUT2D eigenvalue weighted by Gasteiger charge is 2.16. The van der Waals surface area contributed by atoms with Crippen molar-refractivity contribution in [3.8, 4) is 22.6 Å². The lowest BCUT2D eigenvalue weighted by Gasteiger charge is -2.20. The van der Waals surface area contributed by atoms with E-state index in [2.05, 4.69) is 4.99 Å². The van der Waals surface area contributed by atoms with Gasteiger partial charge in [-0.2, -0.15) is 0 Å². The van der Waals surface area contributed by atoms with Crippen molar-refractivity contribution >= 4 is 11.5 Å². The molecule has 0 unspecified atom stereocenters. The zero-order valence-corrected chi connectivity index (χ0v) is 11.3. The van der Waals surface area contributed by atoms with Gasteiger partial charge >= 0.3 is 0 Å². The predicted octanol–water partition coefficient (Wildman–Crippen LogP) is 3.13. The van der Waals surface area contributed by atoms with Crippen molar-refractivity contribution in [2.75, 3.05) is 13.2 Å². The summed E-state index contributed by atoms with van der Waals surface area (Å²) in [7, 11) is 0. The minimum atomic E-state index is 0.513. The molecule has 2 aromatic carbocycles. The molecule has 4 heteroatoms. The van der Waals surface area contributed by atoms with Crippen molar-refractivity contribution in [3.05, 3.63) is 42.5 Å². The molecule has 20 heavy (non-hydrogen) atoms. The van der Waals surface area contributed by atoms with Crippen molar-refractivity contribution in [2.24, 2.45) is 10.7 Å². The lowest BCUT2D eigenvalue weighted by molar-refractivity contribution is 0.172. The molecule has 1 aliphatic rings. The Morgan fingerprint density at radius 2 is 1.70 bits per heavy atom. The quantitative estimate of drug-likeness (QED) is 0.672. The number of fused-ring (bicyclic) bond motifs is 1. The molecule has 0 saturated heterocycles. The Morgan fingerprint density at radius 1 is 1.05 bits per heavy atom. The molecule has 0 spiro atoms. The normalized spacial score (nSPS) is 14.2. The minimum Gasteiger partial charge on any atom is -0.486 e. The Hall–Kier alpha value is -2.49. The van der Waals surface area contributed by atoms with Crippen molar-refractivity contribution in [3.63, 3.8) is 0 Å². The SMILES string of the molecule is CC(N)=Nc1cc2c(cc1-c1ccccc1)OCCO2. The van der Waals surface area contributed by atoms with Gasteiger partial charge in [0.1, 0.15) is 13.2 Å². The molecule has 3 rings (SSSR count). The maximum Gasteiger partial charge on any atom is 0.163 e. The van der Waals surface area contributed by atoms with Crippen LogP contribution in [0.25, 0.3) is 11.1 Å². The van der Waals surface area contributed by atoms with Gasteiger partial charge in [-0.05, 0) is 18.6 Å². The van der Waals surface area contributed by atoms with Crippen LogP contribution in [0, 0.1) is 0 Å². The van der Waals surface area contributed by atoms with Gasteiger partial charge in [-0.25, -0.2) is 4.99 Å². The van der Waals surface area contributed by atoms with Crippen LogP contribution >= 0.6 is 0 Å². The van der Waals surface area contributed by atoms with E-state index in [1.165, 1.54) is 0 Å². The molecule has 2 aromatic rings. The van der Waals surface area contributed by atoms with Crippen LogP contribution in [0.3, 0.4) is 0 Å². The molecule has 0 saturated carbocycles. The topological polar surface area (TPSA) is 56.8 Å². The van der Waals surface area contributed by atoms with E-state index in [1.54, 1.807) is 6.92 Å². The van der Waals surface area contributed by atoms with E-state index in [4.69, 9.17) is 15.2 Å². The number of hydrogen-bond donors (Lipinski definition) is 1. The molecule has 0 aliphatic carbocycles. The highest BCUT2D eigenvalue weighted by molar-refractivity contribution is 5.87. The number of ether oxygens (including phenoxy) is 2. The van der Waals surface area contributed by atoms with Gasteiger partial charge in [-0.3, -0.25) is 0 Å². The predicted molar refractivity (Wildman–Crippen MR) is 79.8 cm³/mol. The number of amidine groups is 1. The second kappa shape index (κ2) is 5.25. The molecule has 102 valence electrons. The van der Waals surface area contributed by atoms with Crippen LogP contribution in [-0.4, -0.2) is 19.0 Å². The third-order valence-electron chi connectivity index (χ3n) is 3.04. The Morgan fingerprint density at radius 3 is 2.35 bits per heavy atom. The van der Waals surface area contributed by atoms with Gasteiger partial charge in [0.2, 0.25) is 0 Å². The minimum absolute atomic E-state index is 0.513. The maximum absolute atomic E-state index is 5.73. The summed E-state index contributed by atoms with van der Waals surface area (Å²) in [5.74, 6) is 1.98. The van der Waals surface area contributed by atoms with E-state index >= 15 is 0 Å². The molecule has 0 radical (unpaired) electrons. The third-order valence-corrected chi connectivity index (χ3v) is 3.04. The second-order valence-electron chi connectivity index (χ2n) is 4.63. The Labute approximate surface area is 117 Å². The molecular formula is C16H16N2O2. The molecule has 0 fully saturated rings. The summed E-state index contributed by atoms with van der Waals surface area (Å²) in [6.07, 6.45) is 0. The third kappa shape index (κ3) is 2.45. The van der Waals surface area contributed by atoms with Gasteiger partial charge in [0.05, 0.1) is 11.5 Å². The summed E-state index contributed by atoms with van der Waals surface area (Å²) >= 11 is 0. The molecule has 1 heterocycles. The number of benzene rings is 2. The first-order chi connectivity index (χ1) is 9.74. The highest BCUT2D eigenvalue weighted by atomic mass is 16.6. The molecule has 1 aliphatic heterocycles. The average Bonchev–Trinajstić information content (AvgIpc) is 2.47. The summed E-state index contributed by atoms with van der Waals surface area (Å²) in [4.78, 5) is 4.40. The monoisotopic (exact) mass is 268 g/mol. The van der Waals surface area contributed by atoms with E-state index in [-0.39, 0.29) is 0 Å². The molecule has 0 atom stereocenters. The van der Waals surface area contributed by atoms with Crippen LogP contribution in [0.4, 0.5) is 5.69 Å². The Balaban J connectivity index is 2.18. The molecule has 4 nitrogen and oxygen atoms in total. The van der Waals surface area contributed by atoms with Crippen molar-refractivity contribution in [2.45, 2.75) is 6.92 Å². The first kappa shape index (κ1) is 12.5. The number of hydrogen-bond acceptors (Lipinski definition) is 3. The average molecular weight is 268 g/mol. The van der Waals surface area contributed by atoms with Crippen LogP contribution in [0.5, 0.6) is 11.5 Å². The molecule has 0 amide bonds. The van der Waals surface area contributed by atoms with Crippen LogP contribution < -0.4 is 15.2 Å². The maximum atomic E-state index is 5.73. The van der Waals surface area contributed by atoms with E-state index in [0.29, 0.717) is 19.0 Å². The van der Waals surface area contributed by atoms with Gasteiger partial charge in [-0.15, -0.1) is 0 Å². The first-order valence-corrected chi connectivity index (χ1v) is 6.54. The standard InChI is InChI=1S/C16H16N2O2/c1-11(17)18-14-10-16-15(19-7-8-20-16)9-13(14)12-5-3-2-4-6-12/h2-6,9-10H,7-8H2,1H3,(H2,17,18). The molecule has 0 aromatic heterocycles. The number of nitrogens with two attached hydrogens (primary N) is 1. The van der Waals surface area contributed by atoms with Crippen LogP contribution in [0.15, 0.2) is 47.5 Å². The molecule has 2 N–H and O–H groups in total. The van der Waals surface area contributed by atoms with Gasteiger partial charge in [0, 0.05) is 11.6 Å². The van der Waals surface area contributed by atoms with Crippen LogP contribution in [0.2, 0.25) is 0 Å². The lowest BCUT2D eigenvalue weighted by Crippen LogP contribution is -2.15. The van der Waals surface area contributed by atoms with E-state index < -0.39 is 0 Å². The van der Waals surface area contributed by atoms with E-state index in [9.17, 15) is 0 Å². The fourth-order valence-electron chi connectivity index (χ4n) is 2.21. The lowest BCUT2D eigenvalue weighted by atomic mass is 10.0. The van der Waals surface area contributed by atoms with Crippen molar-refractivity contribution < 1.29 is 9.47 Å². The summed E-state index contributed by atoms with van der Waals surface area (Å²) in [5, 5.41) is 0. The van der Waals surface area contributed by atoms with Crippen LogP contribution in [-0.2, 0) is 0 Å². The zero-order valence-electron chi connectivity index (χ0n) is 11.3. The zero-order chi connectivity index (χ0) is 13.9. The largest absolute Gasteiger partial charge is 0.486 e. The Bertz CT molecular complexity index is 647. The number of aliphatic imine (C=N–C) groups is 1. The van der Waals surface area contributed by atoms with Crippen molar-refractivity contribution in [1.29, 1.82) is 0 Å². The van der Waals surface area contributed by atoms with Crippen molar-refractivity contribution in [1.82, 2.24) is 0 Å². The summed E-state index contributed by atoms with van der Waals surface area (Å²) in [6, 6.07) is 13.9. The number of rotatable bonds is 2. The van der Waals surface area contributed by atoms with E-state index in [1.807, 2.05) is 42.5 Å². The summed E-state index contributed by atoms with van der Waals surface area (Å²) < 4.78 is 11.2. The van der Waals surface area contributed by atoms with E-state index in [0.717, 1.165) is 28.3 Å².